The monoisotopic (exact) mass is 600 g/mol. The number of hydrogen-bond acceptors (Lipinski definition) is 4. The van der Waals surface area contributed by atoms with E-state index in [1.807, 2.05) is 32.6 Å². The first-order valence-corrected chi connectivity index (χ1v) is 18.2. The van der Waals surface area contributed by atoms with Crippen LogP contribution in [-0.4, -0.2) is 41.3 Å². The fraction of sp³-hybridized carbons (Fsp3) is 0.921. The lowest BCUT2D eigenvalue weighted by molar-refractivity contribution is -0.0535. The molecule has 5 nitrogen and oxygen atoms in total. The topological polar surface area (TPSA) is 81.6 Å². The number of nitrogens with two attached hydrogens (primary N) is 2. The van der Waals surface area contributed by atoms with Crippen molar-refractivity contribution in [3.63, 3.8) is 0 Å². The Kier molecular flexibility index (Phi) is 10.8. The van der Waals surface area contributed by atoms with Crippen molar-refractivity contribution in [3.8, 4) is 0 Å². The lowest BCUT2D eigenvalue weighted by Crippen LogP contribution is -2.51. The number of allylic oxidation sites excluding steroid dienone is 1. The second kappa shape index (κ2) is 13.3. The lowest BCUT2D eigenvalue weighted by atomic mass is 9.47. The molecule has 8 atom stereocenters. The Morgan fingerprint density at radius 3 is 2.23 bits per heavy atom. The van der Waals surface area contributed by atoms with Crippen LogP contribution in [0, 0.1) is 46.3 Å². The number of ether oxygens (including phenoxy) is 1. The number of amides is 1. The fourth-order valence-corrected chi connectivity index (χ4v) is 9.69. The van der Waals surface area contributed by atoms with Gasteiger partial charge in [0.2, 0.25) is 0 Å². The van der Waals surface area contributed by atoms with Gasteiger partial charge in [0.25, 0.3) is 0 Å². The van der Waals surface area contributed by atoms with E-state index in [0.29, 0.717) is 18.5 Å². The molecule has 0 aromatic carbocycles. The molecule has 8 unspecified atom stereocenters. The molecule has 1 amide bonds. The van der Waals surface area contributed by atoms with Crippen LogP contribution in [0.3, 0.4) is 0 Å². The van der Waals surface area contributed by atoms with Crippen molar-refractivity contribution < 1.29 is 9.53 Å². The molecular weight excluding hydrogens is 530 g/mol. The highest BCUT2D eigenvalue weighted by Gasteiger charge is 2.58. The van der Waals surface area contributed by atoms with Gasteiger partial charge in [-0.05, 0) is 138 Å². The normalized spacial score (nSPS) is 35.1. The van der Waals surface area contributed by atoms with Crippen molar-refractivity contribution in [2.24, 2.45) is 57.8 Å². The summed E-state index contributed by atoms with van der Waals surface area (Å²) in [6, 6.07) is 0. The van der Waals surface area contributed by atoms with Gasteiger partial charge in [-0.15, -0.1) is 0 Å². The first-order chi connectivity index (χ1) is 19.9. The Balaban J connectivity index is 1.38. The molecule has 4 N–H and O–H groups in total. The Morgan fingerprint density at radius 1 is 0.977 bits per heavy atom. The Hall–Kier alpha value is -1.07. The minimum atomic E-state index is -0.325. The molecule has 4 rings (SSSR count). The van der Waals surface area contributed by atoms with E-state index in [0.717, 1.165) is 67.6 Å². The summed E-state index contributed by atoms with van der Waals surface area (Å²) in [5.74, 6) is 5.07. The maximum absolute atomic E-state index is 13.5. The molecule has 3 fully saturated rings. The number of rotatable bonds is 12. The SMILES string of the molecule is CC(C)C(C)CCCC1CCC2C3CC=C4CC(OC(=O)N(CCC(C)(C)N)CCC(C)(C)N)CCC4(C)C3CCC12C. The van der Waals surface area contributed by atoms with Crippen molar-refractivity contribution in [2.75, 3.05) is 13.1 Å². The maximum Gasteiger partial charge on any atom is 0.410 e. The number of fused-ring (bicyclic) bond motifs is 5. The van der Waals surface area contributed by atoms with Crippen LogP contribution in [0.4, 0.5) is 4.79 Å². The van der Waals surface area contributed by atoms with Gasteiger partial charge in [-0.3, -0.25) is 0 Å². The fourth-order valence-electron chi connectivity index (χ4n) is 9.69. The van der Waals surface area contributed by atoms with Gasteiger partial charge in [0, 0.05) is 30.6 Å². The minimum absolute atomic E-state index is 0.0272. The maximum atomic E-state index is 13.5. The summed E-state index contributed by atoms with van der Waals surface area (Å²) in [7, 11) is 0. The minimum Gasteiger partial charge on any atom is -0.446 e. The van der Waals surface area contributed by atoms with E-state index in [2.05, 4.69) is 40.7 Å². The zero-order chi connectivity index (χ0) is 31.8. The van der Waals surface area contributed by atoms with Gasteiger partial charge < -0.3 is 21.1 Å². The second-order valence-corrected chi connectivity index (χ2v) is 17.9. The van der Waals surface area contributed by atoms with E-state index >= 15 is 0 Å². The quantitative estimate of drug-likeness (QED) is 0.219. The van der Waals surface area contributed by atoms with E-state index in [1.54, 1.807) is 5.57 Å². The molecule has 4 aliphatic rings. The average Bonchev–Trinajstić information content (AvgIpc) is 3.23. The molecule has 0 saturated heterocycles. The summed E-state index contributed by atoms with van der Waals surface area (Å²) >= 11 is 0. The summed E-state index contributed by atoms with van der Waals surface area (Å²) in [6.07, 6.45) is 18.0. The molecule has 0 radical (unpaired) electrons. The molecule has 4 aliphatic carbocycles. The molecule has 0 aliphatic heterocycles. The molecular formula is C38H69N3O2. The Labute approximate surface area is 265 Å². The molecule has 0 aromatic rings. The number of carbonyl (C=O) groups excluding carboxylic acids is 1. The van der Waals surface area contributed by atoms with Crippen LogP contribution < -0.4 is 11.5 Å². The van der Waals surface area contributed by atoms with Crippen molar-refractivity contribution in [3.05, 3.63) is 11.6 Å². The van der Waals surface area contributed by atoms with Crippen LogP contribution in [0.5, 0.6) is 0 Å². The Bertz CT molecular complexity index is 959. The van der Waals surface area contributed by atoms with Gasteiger partial charge in [0.15, 0.2) is 0 Å². The smallest absolute Gasteiger partial charge is 0.410 e. The largest absolute Gasteiger partial charge is 0.446 e. The Morgan fingerprint density at radius 2 is 1.63 bits per heavy atom. The van der Waals surface area contributed by atoms with E-state index in [4.69, 9.17) is 16.2 Å². The predicted octanol–water partition coefficient (Wildman–Crippen LogP) is 9.09. The molecule has 0 heterocycles. The number of hydrogen-bond donors (Lipinski definition) is 2. The summed E-state index contributed by atoms with van der Waals surface area (Å²) in [5.41, 5.74) is 14.3. The molecule has 0 spiro atoms. The summed E-state index contributed by atoms with van der Waals surface area (Å²) in [4.78, 5) is 15.3. The molecule has 0 bridgehead atoms. The zero-order valence-corrected chi connectivity index (χ0v) is 29.6. The van der Waals surface area contributed by atoms with Crippen LogP contribution in [-0.2, 0) is 4.74 Å². The highest BCUT2D eigenvalue weighted by Crippen LogP contribution is 2.66. The van der Waals surface area contributed by atoms with Crippen LogP contribution >= 0.6 is 0 Å². The van der Waals surface area contributed by atoms with E-state index in [-0.39, 0.29) is 28.7 Å². The van der Waals surface area contributed by atoms with E-state index in [9.17, 15) is 4.79 Å². The first-order valence-electron chi connectivity index (χ1n) is 18.2. The third-order valence-corrected chi connectivity index (χ3v) is 13.2. The van der Waals surface area contributed by atoms with Gasteiger partial charge in [-0.25, -0.2) is 4.79 Å². The van der Waals surface area contributed by atoms with Gasteiger partial charge in [-0.2, -0.15) is 0 Å². The summed E-state index contributed by atoms with van der Waals surface area (Å²) in [5, 5.41) is 0. The third kappa shape index (κ3) is 8.21. The van der Waals surface area contributed by atoms with E-state index < -0.39 is 0 Å². The standard InChI is InChI=1S/C38H69N3O2/c1-26(2)27(3)11-10-12-28-14-16-32-31-15-13-29-25-30(17-19-38(29,9)33(31)18-20-37(28,32)8)43-34(42)41(23-21-35(4,5)39)24-22-36(6,7)40/h13,26-28,30-33H,10-12,14-25,39-40H2,1-9H3. The second-order valence-electron chi connectivity index (χ2n) is 17.9. The molecule has 0 aromatic heterocycles. The van der Waals surface area contributed by atoms with Crippen molar-refractivity contribution in [1.29, 1.82) is 0 Å². The summed E-state index contributed by atoms with van der Waals surface area (Å²) < 4.78 is 6.25. The third-order valence-electron chi connectivity index (χ3n) is 13.2. The van der Waals surface area contributed by atoms with Crippen molar-refractivity contribution >= 4 is 6.09 Å². The summed E-state index contributed by atoms with van der Waals surface area (Å²) in [6.45, 7) is 21.7. The average molecular weight is 600 g/mol. The van der Waals surface area contributed by atoms with Crippen LogP contribution in [0.25, 0.3) is 0 Å². The number of nitrogens with zero attached hydrogens (tertiary/aromatic N) is 1. The van der Waals surface area contributed by atoms with Crippen molar-refractivity contribution in [1.82, 2.24) is 4.90 Å². The van der Waals surface area contributed by atoms with Crippen LogP contribution in [0.2, 0.25) is 0 Å². The lowest BCUT2D eigenvalue weighted by Gasteiger charge is -2.58. The van der Waals surface area contributed by atoms with Gasteiger partial charge >= 0.3 is 6.09 Å². The van der Waals surface area contributed by atoms with Gasteiger partial charge in [0.05, 0.1) is 0 Å². The molecule has 43 heavy (non-hydrogen) atoms. The van der Waals surface area contributed by atoms with Crippen LogP contribution in [0.1, 0.15) is 146 Å². The van der Waals surface area contributed by atoms with Gasteiger partial charge in [-0.1, -0.05) is 59.1 Å². The molecule has 3 saturated carbocycles. The first kappa shape index (κ1) is 34.8. The van der Waals surface area contributed by atoms with Crippen molar-refractivity contribution in [2.45, 2.75) is 163 Å². The number of carbonyl (C=O) groups is 1. The molecule has 248 valence electrons. The highest BCUT2D eigenvalue weighted by molar-refractivity contribution is 5.68. The van der Waals surface area contributed by atoms with Gasteiger partial charge in [0.1, 0.15) is 6.10 Å². The zero-order valence-electron chi connectivity index (χ0n) is 29.6. The van der Waals surface area contributed by atoms with E-state index in [1.165, 1.54) is 51.4 Å². The highest BCUT2D eigenvalue weighted by atomic mass is 16.6. The predicted molar refractivity (Wildman–Crippen MR) is 181 cm³/mol. The van der Waals surface area contributed by atoms with Crippen LogP contribution in [0.15, 0.2) is 11.6 Å². The molecule has 5 heteroatoms.